The fraction of sp³-hybridized carbons (Fsp3) is 0.429. The lowest BCUT2D eigenvalue weighted by molar-refractivity contribution is -0.154. The van der Waals surface area contributed by atoms with Crippen LogP contribution in [0.4, 0.5) is 19.0 Å². The standard InChI is InChI=1S/C21H23F3N4O3/c1-11(2)19(29)27-18-17-13(4)28(20(30)15(17)7-8-25-18)9-14-5-6-16(26-12(14)3)31-10-21(22,23)24/h5-8,11,13H,9-10H2,1-4H3,(H,25,27,29). The number of rotatable bonds is 6. The lowest BCUT2D eigenvalue weighted by atomic mass is 10.1. The van der Waals surface area contributed by atoms with Gasteiger partial charge in [-0.3, -0.25) is 9.59 Å². The monoisotopic (exact) mass is 436 g/mol. The SMILES string of the molecule is Cc1nc(OCC(F)(F)F)ccc1CN1C(=O)c2ccnc(NC(=O)C(C)C)c2C1C. The van der Waals surface area contributed by atoms with Gasteiger partial charge in [-0.2, -0.15) is 13.2 Å². The van der Waals surface area contributed by atoms with E-state index in [0.29, 0.717) is 28.2 Å². The number of nitrogens with zero attached hydrogens (tertiary/aromatic N) is 3. The van der Waals surface area contributed by atoms with Crippen molar-refractivity contribution in [2.45, 2.75) is 46.5 Å². The van der Waals surface area contributed by atoms with Crippen LogP contribution in [0.2, 0.25) is 0 Å². The van der Waals surface area contributed by atoms with Crippen molar-refractivity contribution in [1.82, 2.24) is 14.9 Å². The van der Waals surface area contributed by atoms with E-state index < -0.39 is 12.8 Å². The molecule has 0 bridgehead atoms. The summed E-state index contributed by atoms with van der Waals surface area (Å²) in [7, 11) is 0. The van der Waals surface area contributed by atoms with E-state index in [4.69, 9.17) is 0 Å². The van der Waals surface area contributed by atoms with Crippen LogP contribution in [-0.4, -0.2) is 39.5 Å². The number of nitrogens with one attached hydrogen (secondary N) is 1. The number of hydrogen-bond acceptors (Lipinski definition) is 5. The topological polar surface area (TPSA) is 84.4 Å². The van der Waals surface area contributed by atoms with E-state index in [0.717, 1.165) is 0 Å². The van der Waals surface area contributed by atoms with Crippen molar-refractivity contribution in [3.63, 3.8) is 0 Å². The Bertz CT molecular complexity index is 1010. The molecule has 1 atom stereocenters. The number of aromatic nitrogens is 2. The summed E-state index contributed by atoms with van der Waals surface area (Å²) in [4.78, 5) is 35.0. The Balaban J connectivity index is 1.80. The van der Waals surface area contributed by atoms with Gasteiger partial charge >= 0.3 is 6.18 Å². The number of carbonyl (C=O) groups excluding carboxylic acids is 2. The van der Waals surface area contributed by atoms with E-state index in [9.17, 15) is 22.8 Å². The quantitative estimate of drug-likeness (QED) is 0.739. The molecule has 0 aromatic carbocycles. The van der Waals surface area contributed by atoms with Gasteiger partial charge in [-0.05, 0) is 25.5 Å². The highest BCUT2D eigenvalue weighted by Gasteiger charge is 2.37. The second-order valence-electron chi connectivity index (χ2n) is 7.67. The smallest absolute Gasteiger partial charge is 0.422 e. The molecule has 1 aliphatic rings. The van der Waals surface area contributed by atoms with Crippen LogP contribution in [0.5, 0.6) is 5.88 Å². The van der Waals surface area contributed by atoms with Gasteiger partial charge < -0.3 is 15.0 Å². The largest absolute Gasteiger partial charge is 0.468 e. The predicted octanol–water partition coefficient (Wildman–Crippen LogP) is 4.04. The second-order valence-corrected chi connectivity index (χ2v) is 7.67. The number of hydrogen-bond donors (Lipinski definition) is 1. The highest BCUT2D eigenvalue weighted by molar-refractivity contribution is 6.02. The van der Waals surface area contributed by atoms with Crippen LogP contribution in [-0.2, 0) is 11.3 Å². The molecule has 1 unspecified atom stereocenters. The summed E-state index contributed by atoms with van der Waals surface area (Å²) >= 11 is 0. The first-order chi connectivity index (χ1) is 14.5. The first-order valence-corrected chi connectivity index (χ1v) is 9.74. The molecule has 1 aliphatic heterocycles. The Morgan fingerprint density at radius 1 is 1.29 bits per heavy atom. The molecule has 0 aliphatic carbocycles. The van der Waals surface area contributed by atoms with Gasteiger partial charge in [0.2, 0.25) is 11.8 Å². The summed E-state index contributed by atoms with van der Waals surface area (Å²) in [6.07, 6.45) is -2.98. The van der Waals surface area contributed by atoms with E-state index in [2.05, 4.69) is 20.0 Å². The highest BCUT2D eigenvalue weighted by Crippen LogP contribution is 2.38. The van der Waals surface area contributed by atoms with Gasteiger partial charge in [0.1, 0.15) is 5.82 Å². The molecule has 3 rings (SSSR count). The number of amides is 2. The van der Waals surface area contributed by atoms with Gasteiger partial charge in [0.25, 0.3) is 5.91 Å². The molecule has 0 fully saturated rings. The van der Waals surface area contributed by atoms with Crippen molar-refractivity contribution in [3.8, 4) is 5.88 Å². The molecule has 2 aromatic heterocycles. The Morgan fingerprint density at radius 2 is 2.00 bits per heavy atom. The number of pyridine rings is 2. The van der Waals surface area contributed by atoms with Crippen LogP contribution in [0.1, 0.15) is 54.0 Å². The highest BCUT2D eigenvalue weighted by atomic mass is 19.4. The minimum atomic E-state index is -4.45. The van der Waals surface area contributed by atoms with Crippen LogP contribution in [0, 0.1) is 12.8 Å². The van der Waals surface area contributed by atoms with Crippen LogP contribution in [0.15, 0.2) is 24.4 Å². The molecule has 0 saturated heterocycles. The third-order valence-electron chi connectivity index (χ3n) is 5.03. The van der Waals surface area contributed by atoms with Gasteiger partial charge in [-0.15, -0.1) is 0 Å². The molecule has 3 heterocycles. The van der Waals surface area contributed by atoms with Crippen molar-refractivity contribution in [2.75, 3.05) is 11.9 Å². The molecule has 0 spiro atoms. The average Bonchev–Trinajstić information content (AvgIpc) is 2.93. The van der Waals surface area contributed by atoms with Crippen LogP contribution >= 0.6 is 0 Å². The zero-order chi connectivity index (χ0) is 22.9. The summed E-state index contributed by atoms with van der Waals surface area (Å²) < 4.78 is 41.7. The molecular weight excluding hydrogens is 413 g/mol. The van der Waals surface area contributed by atoms with E-state index in [-0.39, 0.29) is 36.2 Å². The lowest BCUT2D eigenvalue weighted by Crippen LogP contribution is -2.27. The molecular formula is C21H23F3N4O3. The van der Waals surface area contributed by atoms with Gasteiger partial charge in [0.15, 0.2) is 6.61 Å². The first kappa shape index (κ1) is 22.5. The molecule has 0 saturated carbocycles. The fourth-order valence-electron chi connectivity index (χ4n) is 3.29. The molecule has 0 radical (unpaired) electrons. The van der Waals surface area contributed by atoms with Gasteiger partial charge in [-0.25, -0.2) is 9.97 Å². The minimum absolute atomic E-state index is 0.134. The predicted molar refractivity (Wildman–Crippen MR) is 107 cm³/mol. The van der Waals surface area contributed by atoms with Crippen molar-refractivity contribution >= 4 is 17.6 Å². The van der Waals surface area contributed by atoms with Crippen molar-refractivity contribution in [2.24, 2.45) is 5.92 Å². The first-order valence-electron chi connectivity index (χ1n) is 9.74. The van der Waals surface area contributed by atoms with Crippen LogP contribution in [0.3, 0.4) is 0 Å². The summed E-state index contributed by atoms with van der Waals surface area (Å²) in [5.41, 5.74) is 2.23. The number of anilines is 1. The van der Waals surface area contributed by atoms with Crippen LogP contribution in [0.25, 0.3) is 0 Å². The van der Waals surface area contributed by atoms with Gasteiger partial charge in [0, 0.05) is 36.0 Å². The number of fused-ring (bicyclic) bond motifs is 1. The van der Waals surface area contributed by atoms with E-state index in [1.54, 1.807) is 37.8 Å². The van der Waals surface area contributed by atoms with Crippen molar-refractivity contribution in [3.05, 3.63) is 46.8 Å². The third kappa shape index (κ3) is 4.95. The number of carbonyl (C=O) groups is 2. The molecule has 7 nitrogen and oxygen atoms in total. The molecule has 166 valence electrons. The molecule has 2 amide bonds. The van der Waals surface area contributed by atoms with Gasteiger partial charge in [0.05, 0.1) is 11.6 Å². The van der Waals surface area contributed by atoms with Crippen molar-refractivity contribution < 1.29 is 27.5 Å². The molecule has 31 heavy (non-hydrogen) atoms. The maximum Gasteiger partial charge on any atom is 0.422 e. The van der Waals surface area contributed by atoms with Crippen molar-refractivity contribution in [1.29, 1.82) is 0 Å². The van der Waals surface area contributed by atoms with Gasteiger partial charge in [-0.1, -0.05) is 19.9 Å². The van der Waals surface area contributed by atoms with E-state index in [1.807, 2.05) is 6.92 Å². The summed E-state index contributed by atoms with van der Waals surface area (Å²) in [5.74, 6) is -0.445. The average molecular weight is 436 g/mol. The Morgan fingerprint density at radius 3 is 2.61 bits per heavy atom. The number of ether oxygens (including phenoxy) is 1. The summed E-state index contributed by atoms with van der Waals surface area (Å²) in [5, 5.41) is 2.77. The lowest BCUT2D eigenvalue weighted by Gasteiger charge is -2.23. The molecule has 2 aromatic rings. The zero-order valence-corrected chi connectivity index (χ0v) is 17.6. The normalized spacial score (nSPS) is 15.9. The maximum absolute atomic E-state index is 13.0. The van der Waals surface area contributed by atoms with E-state index >= 15 is 0 Å². The third-order valence-corrected chi connectivity index (χ3v) is 5.03. The number of halogens is 3. The number of alkyl halides is 3. The molecule has 10 heteroatoms. The molecule has 1 N–H and O–H groups in total. The zero-order valence-electron chi connectivity index (χ0n) is 17.6. The number of aryl methyl sites for hydroxylation is 1. The summed E-state index contributed by atoms with van der Waals surface area (Å²) in [6.45, 7) is 5.77. The maximum atomic E-state index is 13.0. The Hall–Kier alpha value is -3.17. The Labute approximate surface area is 177 Å². The Kier molecular flexibility index (Phi) is 6.19. The minimum Gasteiger partial charge on any atom is -0.468 e. The summed E-state index contributed by atoms with van der Waals surface area (Å²) in [6, 6.07) is 4.19. The van der Waals surface area contributed by atoms with E-state index in [1.165, 1.54) is 12.3 Å². The van der Waals surface area contributed by atoms with Crippen LogP contribution < -0.4 is 10.1 Å². The fourth-order valence-corrected chi connectivity index (χ4v) is 3.29. The second kappa shape index (κ2) is 8.52.